The topological polar surface area (TPSA) is 79.4 Å². The summed E-state index contributed by atoms with van der Waals surface area (Å²) in [5.74, 6) is -0.0175. The Hall–Kier alpha value is -3.41. The van der Waals surface area contributed by atoms with E-state index >= 15 is 0 Å². The molecule has 0 saturated heterocycles. The van der Waals surface area contributed by atoms with Gasteiger partial charge in [-0.05, 0) is 51.5 Å². The van der Waals surface area contributed by atoms with Gasteiger partial charge in [-0.15, -0.1) is 0 Å². The van der Waals surface area contributed by atoms with Gasteiger partial charge in [-0.1, -0.05) is 29.4 Å². The maximum absolute atomic E-state index is 12.0. The van der Waals surface area contributed by atoms with E-state index in [9.17, 15) is 4.79 Å². The smallest absolute Gasteiger partial charge is 0.253 e. The van der Waals surface area contributed by atoms with E-state index in [1.165, 1.54) is 0 Å². The lowest BCUT2D eigenvalue weighted by atomic mass is 10.0. The Balaban J connectivity index is 1.58. The summed E-state index contributed by atoms with van der Waals surface area (Å²) in [6, 6.07) is 14.0. The molecule has 0 unspecified atom stereocenters. The Morgan fingerprint density at radius 1 is 1.10 bits per heavy atom. The number of nitrogens with zero attached hydrogens (tertiary/aromatic N) is 2. The lowest BCUT2D eigenvalue weighted by molar-refractivity contribution is 0.000953. The number of H-pyrrole nitrogens is 1. The van der Waals surface area contributed by atoms with E-state index in [1.807, 2.05) is 70.2 Å². The predicted octanol–water partition coefficient (Wildman–Crippen LogP) is 4.57. The van der Waals surface area contributed by atoms with Crippen molar-refractivity contribution in [3.8, 4) is 22.5 Å². The van der Waals surface area contributed by atoms with Crippen LogP contribution in [0.15, 0.2) is 53.8 Å². The number of hydrogen-bond donors (Lipinski definition) is 2. The molecule has 30 heavy (non-hydrogen) atoms. The summed E-state index contributed by atoms with van der Waals surface area (Å²) >= 11 is 0. The van der Waals surface area contributed by atoms with E-state index in [1.54, 1.807) is 6.20 Å². The maximum Gasteiger partial charge on any atom is 0.253 e. The first-order chi connectivity index (χ1) is 14.3. The van der Waals surface area contributed by atoms with Crippen LogP contribution in [0.2, 0.25) is 0 Å². The van der Waals surface area contributed by atoms with E-state index < -0.39 is 0 Å². The first-order valence-corrected chi connectivity index (χ1v) is 10.1. The number of oxime groups is 1. The van der Waals surface area contributed by atoms with Gasteiger partial charge in [0.1, 0.15) is 5.60 Å². The number of aromatic amines is 1. The van der Waals surface area contributed by atoms with Crippen LogP contribution >= 0.6 is 0 Å². The summed E-state index contributed by atoms with van der Waals surface area (Å²) in [6.07, 6.45) is 2.61. The van der Waals surface area contributed by atoms with Crippen LogP contribution in [0.3, 0.4) is 0 Å². The molecule has 1 aliphatic rings. The summed E-state index contributed by atoms with van der Waals surface area (Å²) in [4.78, 5) is 25.5. The average molecular weight is 402 g/mol. The van der Waals surface area contributed by atoms with E-state index in [2.05, 4.69) is 20.4 Å². The standard InChI is InChI=1S/C24H26N4O2/c1-15(28-30-24(2,3)4)16-5-7-17(8-6-16)21-13-18(9-11-25-21)22-14-19-20(27-22)10-12-26-23(19)29/h5-9,11,13-14,27H,10,12H2,1-4H3,(H,26,29). The molecule has 2 aromatic heterocycles. The molecule has 0 fully saturated rings. The van der Waals surface area contributed by atoms with Crippen LogP contribution in [0.5, 0.6) is 0 Å². The molecule has 0 radical (unpaired) electrons. The van der Waals surface area contributed by atoms with Crippen molar-refractivity contribution in [2.24, 2.45) is 5.16 Å². The Kier molecular flexibility index (Phi) is 5.16. The molecule has 0 bridgehead atoms. The van der Waals surface area contributed by atoms with Crippen molar-refractivity contribution in [2.75, 3.05) is 6.54 Å². The van der Waals surface area contributed by atoms with Crippen LogP contribution < -0.4 is 5.32 Å². The van der Waals surface area contributed by atoms with Crippen LogP contribution in [-0.2, 0) is 11.3 Å². The SMILES string of the molecule is CC(=NOC(C)(C)C)c1ccc(-c2cc(-c3cc4c([nH]3)CCNC4=O)ccn2)cc1. The molecule has 0 aliphatic carbocycles. The van der Waals surface area contributed by atoms with Crippen LogP contribution in [0.4, 0.5) is 0 Å². The molecule has 4 rings (SSSR count). The molecule has 1 amide bonds. The molecule has 3 heterocycles. The Labute approximate surface area is 176 Å². The van der Waals surface area contributed by atoms with Crippen molar-refractivity contribution in [1.82, 2.24) is 15.3 Å². The molecule has 0 saturated carbocycles. The Bertz CT molecular complexity index is 1100. The highest BCUT2D eigenvalue weighted by Gasteiger charge is 2.20. The minimum Gasteiger partial charge on any atom is -0.390 e. The minimum atomic E-state index is -0.316. The number of nitrogens with one attached hydrogen (secondary N) is 2. The van der Waals surface area contributed by atoms with Gasteiger partial charge in [-0.2, -0.15) is 0 Å². The molecule has 0 atom stereocenters. The first-order valence-electron chi connectivity index (χ1n) is 10.1. The molecule has 6 nitrogen and oxygen atoms in total. The number of rotatable bonds is 4. The zero-order valence-corrected chi connectivity index (χ0v) is 17.7. The first kappa shape index (κ1) is 19.9. The fraction of sp³-hybridized carbons (Fsp3) is 0.292. The molecule has 0 spiro atoms. The highest BCUT2D eigenvalue weighted by Crippen LogP contribution is 2.27. The lowest BCUT2D eigenvalue weighted by Crippen LogP contribution is -2.31. The van der Waals surface area contributed by atoms with Gasteiger partial charge in [0, 0.05) is 41.7 Å². The fourth-order valence-electron chi connectivity index (χ4n) is 3.35. The zero-order valence-electron chi connectivity index (χ0n) is 17.7. The third kappa shape index (κ3) is 4.27. The summed E-state index contributed by atoms with van der Waals surface area (Å²) in [5, 5.41) is 7.11. The van der Waals surface area contributed by atoms with Gasteiger partial charge in [0.15, 0.2) is 0 Å². The maximum atomic E-state index is 12.0. The lowest BCUT2D eigenvalue weighted by Gasteiger charge is -2.16. The van der Waals surface area contributed by atoms with E-state index in [4.69, 9.17) is 4.84 Å². The quantitative estimate of drug-likeness (QED) is 0.496. The van der Waals surface area contributed by atoms with Crippen molar-refractivity contribution < 1.29 is 9.63 Å². The monoisotopic (exact) mass is 402 g/mol. The largest absolute Gasteiger partial charge is 0.390 e. The van der Waals surface area contributed by atoms with Crippen LogP contribution in [0, 0.1) is 0 Å². The third-order valence-electron chi connectivity index (χ3n) is 4.93. The van der Waals surface area contributed by atoms with Gasteiger partial charge < -0.3 is 15.1 Å². The summed E-state index contributed by atoms with van der Waals surface area (Å²) in [6.45, 7) is 8.52. The van der Waals surface area contributed by atoms with E-state index in [0.717, 1.165) is 51.5 Å². The molecular weight excluding hydrogens is 376 g/mol. The number of pyridine rings is 1. The van der Waals surface area contributed by atoms with Gasteiger partial charge in [0.25, 0.3) is 5.91 Å². The van der Waals surface area contributed by atoms with Gasteiger partial charge in [0.05, 0.1) is 17.0 Å². The van der Waals surface area contributed by atoms with Crippen molar-refractivity contribution in [2.45, 2.75) is 39.7 Å². The normalized spacial score (nSPS) is 14.3. The van der Waals surface area contributed by atoms with Crippen LogP contribution in [0.25, 0.3) is 22.5 Å². The Morgan fingerprint density at radius 3 is 2.57 bits per heavy atom. The molecule has 1 aromatic carbocycles. The zero-order chi connectivity index (χ0) is 21.3. The number of fused-ring (bicyclic) bond motifs is 1. The molecule has 154 valence electrons. The fourth-order valence-corrected chi connectivity index (χ4v) is 3.35. The third-order valence-corrected chi connectivity index (χ3v) is 4.93. The number of carbonyl (C=O) groups excluding carboxylic acids is 1. The number of benzene rings is 1. The number of carbonyl (C=O) groups is 1. The van der Waals surface area contributed by atoms with Crippen molar-refractivity contribution in [3.63, 3.8) is 0 Å². The second kappa shape index (κ2) is 7.78. The molecular formula is C24H26N4O2. The number of aromatic nitrogens is 2. The van der Waals surface area contributed by atoms with Crippen molar-refractivity contribution in [3.05, 3.63) is 65.5 Å². The highest BCUT2D eigenvalue weighted by atomic mass is 16.6. The number of hydrogen-bond acceptors (Lipinski definition) is 4. The van der Waals surface area contributed by atoms with Crippen LogP contribution in [0.1, 0.15) is 49.3 Å². The van der Waals surface area contributed by atoms with E-state index in [0.29, 0.717) is 6.54 Å². The second-order valence-electron chi connectivity index (χ2n) is 8.47. The van der Waals surface area contributed by atoms with Gasteiger partial charge in [-0.3, -0.25) is 9.78 Å². The van der Waals surface area contributed by atoms with Crippen molar-refractivity contribution in [1.29, 1.82) is 0 Å². The summed E-state index contributed by atoms with van der Waals surface area (Å²) in [5.41, 5.74) is 7.05. The second-order valence-corrected chi connectivity index (χ2v) is 8.47. The van der Waals surface area contributed by atoms with Crippen LogP contribution in [-0.4, -0.2) is 33.7 Å². The Morgan fingerprint density at radius 2 is 1.87 bits per heavy atom. The summed E-state index contributed by atoms with van der Waals surface area (Å²) in [7, 11) is 0. The molecule has 3 aromatic rings. The average Bonchev–Trinajstić information content (AvgIpc) is 3.18. The van der Waals surface area contributed by atoms with Crippen molar-refractivity contribution >= 4 is 11.6 Å². The van der Waals surface area contributed by atoms with E-state index in [-0.39, 0.29) is 11.5 Å². The molecule has 6 heteroatoms. The number of amides is 1. The molecule has 1 aliphatic heterocycles. The van der Waals surface area contributed by atoms with Gasteiger partial charge in [0.2, 0.25) is 0 Å². The predicted molar refractivity (Wildman–Crippen MR) is 119 cm³/mol. The highest BCUT2D eigenvalue weighted by molar-refractivity contribution is 5.99. The summed E-state index contributed by atoms with van der Waals surface area (Å²) < 4.78 is 0. The van der Waals surface area contributed by atoms with Gasteiger partial charge >= 0.3 is 0 Å². The molecule has 2 N–H and O–H groups in total. The van der Waals surface area contributed by atoms with Gasteiger partial charge in [-0.25, -0.2) is 0 Å². The minimum absolute atomic E-state index is 0.0175.